The lowest BCUT2D eigenvalue weighted by Crippen LogP contribution is -1.99. The molecule has 4 nitrogen and oxygen atoms in total. The van der Waals surface area contributed by atoms with E-state index in [1.54, 1.807) is 25.6 Å². The van der Waals surface area contributed by atoms with Gasteiger partial charge in [-0.2, -0.15) is 0 Å². The Kier molecular flexibility index (Phi) is 3.66. The Morgan fingerprint density at radius 3 is 2.88 bits per heavy atom. The lowest BCUT2D eigenvalue weighted by Gasteiger charge is -2.06. The average molecular weight is 250 g/mol. The molecule has 0 fully saturated rings. The van der Waals surface area contributed by atoms with E-state index in [0.717, 1.165) is 16.8 Å². The first-order valence-electron chi connectivity index (χ1n) is 5.14. The molecule has 5 heteroatoms. The van der Waals surface area contributed by atoms with Crippen LogP contribution in [0.4, 0.5) is 0 Å². The standard InChI is InChI=1S/C12H12ClN3O/c1-8-6-14-4-3-9(8)10-5-11(13)16-12(15-10)7-17-2/h3-6H,7H2,1-2H3. The van der Waals surface area contributed by atoms with Gasteiger partial charge < -0.3 is 4.74 Å². The van der Waals surface area contributed by atoms with Crippen LogP contribution in [0.15, 0.2) is 24.5 Å². The number of aromatic nitrogens is 3. The third-order valence-electron chi connectivity index (χ3n) is 2.31. The molecule has 0 bridgehead atoms. The van der Waals surface area contributed by atoms with Crippen LogP contribution in [0.2, 0.25) is 5.15 Å². The molecule has 2 heterocycles. The summed E-state index contributed by atoms with van der Waals surface area (Å²) in [7, 11) is 1.60. The number of rotatable bonds is 3. The molecule has 0 aliphatic carbocycles. The number of hydrogen-bond donors (Lipinski definition) is 0. The predicted octanol–water partition coefficient (Wildman–Crippen LogP) is 2.65. The Balaban J connectivity index is 2.48. The minimum absolute atomic E-state index is 0.345. The van der Waals surface area contributed by atoms with Crippen molar-refractivity contribution in [1.82, 2.24) is 15.0 Å². The van der Waals surface area contributed by atoms with Gasteiger partial charge in [0.1, 0.15) is 11.8 Å². The summed E-state index contributed by atoms with van der Waals surface area (Å²) < 4.78 is 5.01. The number of nitrogens with zero attached hydrogens (tertiary/aromatic N) is 3. The predicted molar refractivity (Wildman–Crippen MR) is 65.7 cm³/mol. The summed E-state index contributed by atoms with van der Waals surface area (Å²) in [6, 6.07) is 3.65. The molecule has 0 atom stereocenters. The van der Waals surface area contributed by atoms with E-state index < -0.39 is 0 Å². The number of hydrogen-bond acceptors (Lipinski definition) is 4. The van der Waals surface area contributed by atoms with Gasteiger partial charge in [-0.05, 0) is 18.6 Å². The van der Waals surface area contributed by atoms with Crippen molar-refractivity contribution in [3.63, 3.8) is 0 Å². The van der Waals surface area contributed by atoms with E-state index in [2.05, 4.69) is 15.0 Å². The maximum Gasteiger partial charge on any atom is 0.156 e. The van der Waals surface area contributed by atoms with Crippen LogP contribution in [0.5, 0.6) is 0 Å². The molecule has 17 heavy (non-hydrogen) atoms. The Hall–Kier alpha value is -1.52. The molecule has 0 aliphatic heterocycles. The summed E-state index contributed by atoms with van der Waals surface area (Å²) in [5, 5.41) is 0.415. The first kappa shape index (κ1) is 12.0. The summed E-state index contributed by atoms with van der Waals surface area (Å²) in [5.41, 5.74) is 2.84. The first-order valence-corrected chi connectivity index (χ1v) is 5.52. The van der Waals surface area contributed by atoms with Crippen molar-refractivity contribution in [1.29, 1.82) is 0 Å². The van der Waals surface area contributed by atoms with Gasteiger partial charge in [0.2, 0.25) is 0 Å². The van der Waals surface area contributed by atoms with E-state index in [9.17, 15) is 0 Å². The molecule has 2 aromatic heterocycles. The number of methoxy groups -OCH3 is 1. The quantitative estimate of drug-likeness (QED) is 0.785. The SMILES string of the molecule is COCc1nc(Cl)cc(-c2ccncc2C)n1. The van der Waals surface area contributed by atoms with Gasteiger partial charge in [-0.3, -0.25) is 4.98 Å². The normalized spacial score (nSPS) is 10.5. The van der Waals surface area contributed by atoms with Gasteiger partial charge in [0.05, 0.1) is 5.69 Å². The van der Waals surface area contributed by atoms with Gasteiger partial charge >= 0.3 is 0 Å². The van der Waals surface area contributed by atoms with Crippen LogP contribution >= 0.6 is 11.6 Å². The largest absolute Gasteiger partial charge is 0.377 e. The minimum Gasteiger partial charge on any atom is -0.377 e. The van der Waals surface area contributed by atoms with Crippen molar-refractivity contribution in [3.8, 4) is 11.3 Å². The highest BCUT2D eigenvalue weighted by molar-refractivity contribution is 6.29. The monoisotopic (exact) mass is 249 g/mol. The number of aryl methyl sites for hydroxylation is 1. The molecule has 88 valence electrons. The molecule has 0 saturated carbocycles. The molecule has 0 saturated heterocycles. The molecule has 2 aromatic rings. The zero-order valence-corrected chi connectivity index (χ0v) is 10.4. The zero-order chi connectivity index (χ0) is 12.3. The molecule has 0 aromatic carbocycles. The minimum atomic E-state index is 0.345. The fourth-order valence-corrected chi connectivity index (χ4v) is 1.76. The molecule has 0 amide bonds. The summed E-state index contributed by atoms with van der Waals surface area (Å²) >= 11 is 5.97. The van der Waals surface area contributed by atoms with Crippen LogP contribution in [0, 0.1) is 6.92 Å². The van der Waals surface area contributed by atoms with E-state index in [4.69, 9.17) is 16.3 Å². The highest BCUT2D eigenvalue weighted by Crippen LogP contribution is 2.22. The first-order chi connectivity index (χ1) is 8.20. The van der Waals surface area contributed by atoms with Crippen molar-refractivity contribution >= 4 is 11.6 Å². The molecule has 2 rings (SSSR count). The molecule has 0 unspecified atom stereocenters. The Labute approximate surface area is 105 Å². The van der Waals surface area contributed by atoms with Gasteiger partial charge in [0.15, 0.2) is 5.82 Å². The van der Waals surface area contributed by atoms with Crippen molar-refractivity contribution in [3.05, 3.63) is 41.1 Å². The van der Waals surface area contributed by atoms with E-state index in [1.807, 2.05) is 13.0 Å². The summed E-state index contributed by atoms with van der Waals surface area (Å²) in [6.45, 7) is 2.33. The van der Waals surface area contributed by atoms with E-state index in [0.29, 0.717) is 17.6 Å². The smallest absolute Gasteiger partial charge is 0.156 e. The molecule has 0 spiro atoms. The maximum absolute atomic E-state index is 5.97. The lowest BCUT2D eigenvalue weighted by atomic mass is 10.1. The van der Waals surface area contributed by atoms with Gasteiger partial charge in [-0.15, -0.1) is 0 Å². The van der Waals surface area contributed by atoms with Crippen LogP contribution < -0.4 is 0 Å². The molecular weight excluding hydrogens is 238 g/mol. The van der Waals surface area contributed by atoms with Crippen LogP contribution in [0.25, 0.3) is 11.3 Å². The van der Waals surface area contributed by atoms with Crippen molar-refractivity contribution in [2.45, 2.75) is 13.5 Å². The molecular formula is C12H12ClN3O. The highest BCUT2D eigenvalue weighted by atomic mass is 35.5. The van der Waals surface area contributed by atoms with Gasteiger partial charge in [-0.1, -0.05) is 11.6 Å². The van der Waals surface area contributed by atoms with Crippen molar-refractivity contribution < 1.29 is 4.74 Å². The van der Waals surface area contributed by atoms with Gasteiger partial charge in [0, 0.05) is 31.1 Å². The molecule has 0 radical (unpaired) electrons. The second-order valence-corrected chi connectivity index (χ2v) is 4.00. The highest BCUT2D eigenvalue weighted by Gasteiger charge is 2.07. The lowest BCUT2D eigenvalue weighted by molar-refractivity contribution is 0.178. The van der Waals surface area contributed by atoms with Crippen LogP contribution in [0.3, 0.4) is 0 Å². The Morgan fingerprint density at radius 2 is 2.18 bits per heavy atom. The fraction of sp³-hybridized carbons (Fsp3) is 0.250. The van der Waals surface area contributed by atoms with Crippen molar-refractivity contribution in [2.24, 2.45) is 0 Å². The summed E-state index contributed by atoms with van der Waals surface area (Å²) in [5.74, 6) is 0.575. The second-order valence-electron chi connectivity index (χ2n) is 3.62. The number of halogens is 1. The van der Waals surface area contributed by atoms with E-state index in [1.165, 1.54) is 0 Å². The zero-order valence-electron chi connectivity index (χ0n) is 9.64. The third-order valence-corrected chi connectivity index (χ3v) is 2.50. The third kappa shape index (κ3) is 2.78. The Morgan fingerprint density at radius 1 is 1.35 bits per heavy atom. The summed E-state index contributed by atoms with van der Waals surface area (Å²) in [4.78, 5) is 12.5. The summed E-state index contributed by atoms with van der Waals surface area (Å²) in [6.07, 6.45) is 3.52. The molecule has 0 aliphatic rings. The number of ether oxygens (including phenoxy) is 1. The number of pyridine rings is 1. The second kappa shape index (κ2) is 5.21. The van der Waals surface area contributed by atoms with E-state index >= 15 is 0 Å². The van der Waals surface area contributed by atoms with E-state index in [-0.39, 0.29) is 0 Å². The van der Waals surface area contributed by atoms with Gasteiger partial charge in [0.25, 0.3) is 0 Å². The van der Waals surface area contributed by atoms with Crippen LogP contribution in [-0.4, -0.2) is 22.1 Å². The van der Waals surface area contributed by atoms with Crippen molar-refractivity contribution in [2.75, 3.05) is 7.11 Å². The van der Waals surface area contributed by atoms with Crippen LogP contribution in [-0.2, 0) is 11.3 Å². The average Bonchev–Trinajstić information content (AvgIpc) is 2.29. The molecule has 0 N–H and O–H groups in total. The topological polar surface area (TPSA) is 47.9 Å². The van der Waals surface area contributed by atoms with Crippen LogP contribution in [0.1, 0.15) is 11.4 Å². The Bertz CT molecular complexity index is 531. The fourth-order valence-electron chi connectivity index (χ4n) is 1.56. The maximum atomic E-state index is 5.97. The van der Waals surface area contributed by atoms with Gasteiger partial charge in [-0.25, -0.2) is 9.97 Å².